The molecular formula is C21H26N4OS2. The lowest BCUT2D eigenvalue weighted by Gasteiger charge is -2.10. The van der Waals surface area contributed by atoms with Crippen molar-refractivity contribution < 1.29 is 4.79 Å². The second-order valence-electron chi connectivity index (χ2n) is 6.44. The lowest BCUT2D eigenvalue weighted by Crippen LogP contribution is -2.15. The lowest BCUT2D eigenvalue weighted by atomic mass is 10.1. The number of thiophene rings is 1. The van der Waals surface area contributed by atoms with E-state index in [2.05, 4.69) is 53.2 Å². The van der Waals surface area contributed by atoms with Gasteiger partial charge in [-0.15, -0.1) is 21.5 Å². The van der Waals surface area contributed by atoms with Gasteiger partial charge in [0.15, 0.2) is 11.0 Å². The SMILES string of the molecule is CCc1ccccc1NC(=O)CSc1nnc(-c2csc(C)c2CC)n1CC. The van der Waals surface area contributed by atoms with Gasteiger partial charge in [-0.3, -0.25) is 4.79 Å². The fourth-order valence-electron chi connectivity index (χ4n) is 3.25. The molecule has 0 spiro atoms. The highest BCUT2D eigenvalue weighted by Crippen LogP contribution is 2.32. The molecule has 0 atom stereocenters. The smallest absolute Gasteiger partial charge is 0.234 e. The Labute approximate surface area is 174 Å². The number of aryl methyl sites for hydroxylation is 2. The normalized spacial score (nSPS) is 11.0. The van der Waals surface area contributed by atoms with Crippen LogP contribution in [-0.2, 0) is 24.2 Å². The number of thioether (sulfide) groups is 1. The van der Waals surface area contributed by atoms with E-state index in [1.807, 2.05) is 24.3 Å². The summed E-state index contributed by atoms with van der Waals surface area (Å²) < 4.78 is 2.10. The number of hydrogen-bond acceptors (Lipinski definition) is 5. The number of rotatable bonds is 8. The summed E-state index contributed by atoms with van der Waals surface area (Å²) in [5, 5.41) is 14.8. The second-order valence-corrected chi connectivity index (χ2v) is 8.46. The summed E-state index contributed by atoms with van der Waals surface area (Å²) in [5.41, 5.74) is 4.51. The van der Waals surface area contributed by atoms with Gasteiger partial charge in [0.25, 0.3) is 0 Å². The molecule has 3 aromatic rings. The first-order valence-corrected chi connectivity index (χ1v) is 11.5. The topological polar surface area (TPSA) is 59.8 Å². The minimum absolute atomic E-state index is 0.0290. The number of hydrogen-bond donors (Lipinski definition) is 1. The Bertz CT molecular complexity index is 961. The van der Waals surface area contributed by atoms with Crippen LogP contribution in [-0.4, -0.2) is 26.4 Å². The molecular weight excluding hydrogens is 388 g/mol. The maximum absolute atomic E-state index is 12.4. The van der Waals surface area contributed by atoms with Crippen molar-refractivity contribution in [3.05, 3.63) is 45.6 Å². The first-order valence-electron chi connectivity index (χ1n) is 9.60. The third-order valence-corrected chi connectivity index (χ3v) is 6.66. The van der Waals surface area contributed by atoms with E-state index in [0.29, 0.717) is 5.75 Å². The summed E-state index contributed by atoms with van der Waals surface area (Å²) >= 11 is 3.18. The number of aromatic nitrogens is 3. The average molecular weight is 415 g/mol. The molecule has 0 aliphatic carbocycles. The molecule has 1 N–H and O–H groups in total. The molecule has 0 bridgehead atoms. The van der Waals surface area contributed by atoms with Gasteiger partial charge in [0.2, 0.25) is 5.91 Å². The molecule has 0 aliphatic heterocycles. The summed E-state index contributed by atoms with van der Waals surface area (Å²) in [6.07, 6.45) is 1.86. The molecule has 1 amide bonds. The Hall–Kier alpha value is -2.12. The zero-order valence-electron chi connectivity index (χ0n) is 16.8. The van der Waals surface area contributed by atoms with Crippen LogP contribution in [0.2, 0.25) is 0 Å². The van der Waals surface area contributed by atoms with E-state index in [1.54, 1.807) is 11.3 Å². The van der Waals surface area contributed by atoms with Gasteiger partial charge in [-0.2, -0.15) is 0 Å². The van der Waals surface area contributed by atoms with E-state index in [0.717, 1.165) is 47.2 Å². The Morgan fingerprint density at radius 2 is 1.96 bits per heavy atom. The van der Waals surface area contributed by atoms with E-state index >= 15 is 0 Å². The third kappa shape index (κ3) is 4.31. The van der Waals surface area contributed by atoms with Gasteiger partial charge in [-0.1, -0.05) is 43.8 Å². The minimum atomic E-state index is -0.0290. The maximum atomic E-state index is 12.4. The average Bonchev–Trinajstić information content (AvgIpc) is 3.28. The molecule has 0 fully saturated rings. The molecule has 2 aromatic heterocycles. The highest BCUT2D eigenvalue weighted by atomic mass is 32.2. The number of amides is 1. The molecule has 148 valence electrons. The molecule has 0 saturated carbocycles. The van der Waals surface area contributed by atoms with Crippen LogP contribution in [0.5, 0.6) is 0 Å². The molecule has 28 heavy (non-hydrogen) atoms. The number of carbonyl (C=O) groups excluding carboxylic acids is 1. The standard InChI is InChI=1S/C21H26N4OS2/c1-5-15-10-8-9-11-18(15)22-19(26)13-28-21-24-23-20(25(21)7-3)17-12-27-14(4)16(17)6-2/h8-12H,5-7,13H2,1-4H3,(H,22,26). The molecule has 0 radical (unpaired) electrons. The number of carbonyl (C=O) groups is 1. The van der Waals surface area contributed by atoms with E-state index in [1.165, 1.54) is 22.2 Å². The van der Waals surface area contributed by atoms with Crippen LogP contribution < -0.4 is 5.32 Å². The highest BCUT2D eigenvalue weighted by Gasteiger charge is 2.18. The zero-order valence-corrected chi connectivity index (χ0v) is 18.4. The van der Waals surface area contributed by atoms with Crippen molar-refractivity contribution in [2.75, 3.05) is 11.1 Å². The fraction of sp³-hybridized carbons (Fsp3) is 0.381. The highest BCUT2D eigenvalue weighted by molar-refractivity contribution is 7.99. The summed E-state index contributed by atoms with van der Waals surface area (Å²) in [6.45, 7) is 9.25. The van der Waals surface area contributed by atoms with E-state index in [4.69, 9.17) is 0 Å². The molecule has 5 nitrogen and oxygen atoms in total. The van der Waals surface area contributed by atoms with Gasteiger partial charge in [-0.05, 0) is 43.9 Å². The summed E-state index contributed by atoms with van der Waals surface area (Å²) in [6, 6.07) is 7.91. The number of nitrogens with zero attached hydrogens (tertiary/aromatic N) is 3. The van der Waals surface area contributed by atoms with Crippen molar-refractivity contribution in [1.29, 1.82) is 0 Å². The van der Waals surface area contributed by atoms with Crippen molar-refractivity contribution in [2.45, 2.75) is 52.2 Å². The van der Waals surface area contributed by atoms with Crippen LogP contribution in [0.4, 0.5) is 5.69 Å². The molecule has 2 heterocycles. The van der Waals surface area contributed by atoms with Crippen molar-refractivity contribution >= 4 is 34.7 Å². The summed E-state index contributed by atoms with van der Waals surface area (Å²) in [5.74, 6) is 1.17. The molecule has 0 aliphatic rings. The van der Waals surface area contributed by atoms with Crippen LogP contribution >= 0.6 is 23.1 Å². The zero-order chi connectivity index (χ0) is 20.1. The fourth-order valence-corrected chi connectivity index (χ4v) is 4.99. The number of para-hydroxylation sites is 1. The summed E-state index contributed by atoms with van der Waals surface area (Å²) in [7, 11) is 0. The lowest BCUT2D eigenvalue weighted by molar-refractivity contribution is -0.113. The van der Waals surface area contributed by atoms with Gasteiger partial charge in [0, 0.05) is 28.1 Å². The number of nitrogens with one attached hydrogen (secondary N) is 1. The van der Waals surface area contributed by atoms with Gasteiger partial charge >= 0.3 is 0 Å². The Kier molecular flexibility index (Phi) is 6.91. The summed E-state index contributed by atoms with van der Waals surface area (Å²) in [4.78, 5) is 13.8. The van der Waals surface area contributed by atoms with E-state index < -0.39 is 0 Å². The Balaban J connectivity index is 1.73. The van der Waals surface area contributed by atoms with Gasteiger partial charge in [0.1, 0.15) is 0 Å². The Morgan fingerprint density at radius 3 is 2.68 bits per heavy atom. The van der Waals surface area contributed by atoms with Gasteiger partial charge < -0.3 is 9.88 Å². The number of benzene rings is 1. The van der Waals surface area contributed by atoms with E-state index in [9.17, 15) is 4.79 Å². The van der Waals surface area contributed by atoms with Crippen LogP contribution in [0, 0.1) is 6.92 Å². The predicted molar refractivity (Wildman–Crippen MR) is 118 cm³/mol. The molecule has 7 heteroatoms. The monoisotopic (exact) mass is 414 g/mol. The van der Waals surface area contributed by atoms with Crippen LogP contribution in [0.3, 0.4) is 0 Å². The third-order valence-electron chi connectivity index (χ3n) is 4.74. The predicted octanol–water partition coefficient (Wildman–Crippen LogP) is 5.19. The Morgan fingerprint density at radius 1 is 1.18 bits per heavy atom. The van der Waals surface area contributed by atoms with Crippen LogP contribution in [0.15, 0.2) is 34.8 Å². The first-order chi connectivity index (χ1) is 13.6. The molecule has 3 rings (SSSR count). The minimum Gasteiger partial charge on any atom is -0.325 e. The van der Waals surface area contributed by atoms with Crippen molar-refractivity contribution in [2.24, 2.45) is 0 Å². The number of anilines is 1. The van der Waals surface area contributed by atoms with Crippen LogP contribution in [0.1, 0.15) is 36.8 Å². The quantitative estimate of drug-likeness (QED) is 0.515. The van der Waals surface area contributed by atoms with Gasteiger partial charge in [0.05, 0.1) is 5.75 Å². The molecule has 0 unspecified atom stereocenters. The van der Waals surface area contributed by atoms with Crippen molar-refractivity contribution in [3.8, 4) is 11.4 Å². The van der Waals surface area contributed by atoms with Crippen molar-refractivity contribution in [1.82, 2.24) is 14.8 Å². The molecule has 0 saturated heterocycles. The first kappa shape index (κ1) is 20.6. The van der Waals surface area contributed by atoms with E-state index in [-0.39, 0.29) is 5.91 Å². The van der Waals surface area contributed by atoms with Crippen LogP contribution in [0.25, 0.3) is 11.4 Å². The molecule has 1 aromatic carbocycles. The largest absolute Gasteiger partial charge is 0.325 e. The van der Waals surface area contributed by atoms with Gasteiger partial charge in [-0.25, -0.2) is 0 Å². The maximum Gasteiger partial charge on any atom is 0.234 e. The van der Waals surface area contributed by atoms with Crippen molar-refractivity contribution in [3.63, 3.8) is 0 Å². The second kappa shape index (κ2) is 9.39.